The van der Waals surface area contributed by atoms with Crippen molar-refractivity contribution < 1.29 is 14.6 Å². The summed E-state index contributed by atoms with van der Waals surface area (Å²) in [5.74, 6) is 0.152. The van der Waals surface area contributed by atoms with E-state index >= 15 is 0 Å². The first-order valence-corrected chi connectivity index (χ1v) is 6.65. The lowest BCUT2D eigenvalue weighted by atomic mass is 9.84. The molecule has 0 amide bonds. The number of hydrogen-bond donors (Lipinski definition) is 1. The molecule has 0 saturated heterocycles. The van der Waals surface area contributed by atoms with Crippen LogP contribution in [0.5, 0.6) is 5.75 Å². The standard InChI is InChI=1S/C16H24O3/c1-11-9-13(16(2,3)4)14(19-5)10-12(11)7-6-8-15(17)18/h9-10H,6-8H2,1-5H3,(H,17,18). The van der Waals surface area contributed by atoms with Crippen molar-refractivity contribution in [2.75, 3.05) is 7.11 Å². The fourth-order valence-corrected chi connectivity index (χ4v) is 2.18. The Balaban J connectivity index is 3.00. The normalized spacial score (nSPS) is 11.4. The van der Waals surface area contributed by atoms with Gasteiger partial charge in [0.1, 0.15) is 5.75 Å². The van der Waals surface area contributed by atoms with Crippen LogP contribution in [-0.4, -0.2) is 18.2 Å². The van der Waals surface area contributed by atoms with Gasteiger partial charge in [0.2, 0.25) is 0 Å². The number of benzene rings is 1. The molecular formula is C16H24O3. The number of carboxylic acids is 1. The van der Waals surface area contributed by atoms with E-state index in [0.29, 0.717) is 6.42 Å². The molecule has 0 atom stereocenters. The summed E-state index contributed by atoms with van der Waals surface area (Å²) in [5, 5.41) is 8.69. The molecule has 0 fully saturated rings. The summed E-state index contributed by atoms with van der Waals surface area (Å²) in [7, 11) is 1.68. The number of methoxy groups -OCH3 is 1. The highest BCUT2D eigenvalue weighted by atomic mass is 16.5. The first kappa shape index (κ1) is 15.5. The van der Waals surface area contributed by atoms with Gasteiger partial charge in [-0.2, -0.15) is 0 Å². The van der Waals surface area contributed by atoms with Crippen molar-refractivity contribution in [2.24, 2.45) is 0 Å². The van der Waals surface area contributed by atoms with Crippen LogP contribution in [0.2, 0.25) is 0 Å². The van der Waals surface area contributed by atoms with Crippen molar-refractivity contribution in [1.82, 2.24) is 0 Å². The van der Waals surface area contributed by atoms with Crippen LogP contribution in [0.25, 0.3) is 0 Å². The number of ether oxygens (including phenoxy) is 1. The highest BCUT2D eigenvalue weighted by Gasteiger charge is 2.20. The number of aryl methyl sites for hydroxylation is 2. The van der Waals surface area contributed by atoms with Crippen LogP contribution in [0, 0.1) is 6.92 Å². The second-order valence-corrected chi connectivity index (χ2v) is 5.98. The first-order chi connectivity index (χ1) is 8.75. The van der Waals surface area contributed by atoms with E-state index in [1.165, 1.54) is 16.7 Å². The Hall–Kier alpha value is -1.51. The largest absolute Gasteiger partial charge is 0.496 e. The molecule has 1 aromatic rings. The van der Waals surface area contributed by atoms with Gasteiger partial charge in [0, 0.05) is 6.42 Å². The number of carbonyl (C=O) groups is 1. The van der Waals surface area contributed by atoms with E-state index in [4.69, 9.17) is 9.84 Å². The van der Waals surface area contributed by atoms with Gasteiger partial charge in [0.15, 0.2) is 0 Å². The fraction of sp³-hybridized carbons (Fsp3) is 0.562. The summed E-state index contributed by atoms with van der Waals surface area (Å²) in [4.78, 5) is 10.6. The van der Waals surface area contributed by atoms with E-state index < -0.39 is 5.97 Å². The molecule has 0 aliphatic rings. The van der Waals surface area contributed by atoms with Gasteiger partial charge in [0.25, 0.3) is 0 Å². The smallest absolute Gasteiger partial charge is 0.303 e. The molecule has 0 aliphatic heterocycles. The Labute approximate surface area is 115 Å². The summed E-state index contributed by atoms with van der Waals surface area (Å²) in [6, 6.07) is 4.21. The maximum Gasteiger partial charge on any atom is 0.303 e. The average molecular weight is 264 g/mol. The maximum absolute atomic E-state index is 10.6. The van der Waals surface area contributed by atoms with Crippen LogP contribution in [-0.2, 0) is 16.6 Å². The van der Waals surface area contributed by atoms with Crippen LogP contribution in [0.15, 0.2) is 12.1 Å². The van der Waals surface area contributed by atoms with E-state index in [0.717, 1.165) is 12.2 Å². The van der Waals surface area contributed by atoms with E-state index in [1.54, 1.807) is 7.11 Å². The highest BCUT2D eigenvalue weighted by molar-refractivity contribution is 5.66. The van der Waals surface area contributed by atoms with Crippen molar-refractivity contribution in [1.29, 1.82) is 0 Å². The molecule has 0 aromatic heterocycles. The summed E-state index contributed by atoms with van der Waals surface area (Å²) in [6.45, 7) is 8.56. The zero-order chi connectivity index (χ0) is 14.6. The molecule has 0 unspecified atom stereocenters. The Kier molecular flexibility index (Phi) is 4.98. The minimum absolute atomic E-state index is 0.0374. The lowest BCUT2D eigenvalue weighted by molar-refractivity contribution is -0.137. The average Bonchev–Trinajstić information content (AvgIpc) is 2.29. The van der Waals surface area contributed by atoms with Crippen LogP contribution in [0.3, 0.4) is 0 Å². The maximum atomic E-state index is 10.6. The van der Waals surface area contributed by atoms with Gasteiger partial charge in [-0.15, -0.1) is 0 Å². The Morgan fingerprint density at radius 2 is 1.95 bits per heavy atom. The summed E-state index contributed by atoms with van der Waals surface area (Å²) in [5.41, 5.74) is 3.60. The predicted molar refractivity (Wildman–Crippen MR) is 77.0 cm³/mol. The highest BCUT2D eigenvalue weighted by Crippen LogP contribution is 2.34. The summed E-state index contributed by atoms with van der Waals surface area (Å²) >= 11 is 0. The van der Waals surface area contributed by atoms with Crippen LogP contribution < -0.4 is 4.74 Å². The van der Waals surface area contributed by atoms with E-state index in [-0.39, 0.29) is 11.8 Å². The molecule has 19 heavy (non-hydrogen) atoms. The topological polar surface area (TPSA) is 46.5 Å². The first-order valence-electron chi connectivity index (χ1n) is 6.65. The van der Waals surface area contributed by atoms with Gasteiger partial charge in [-0.25, -0.2) is 0 Å². The number of rotatable bonds is 5. The lowest BCUT2D eigenvalue weighted by Gasteiger charge is -2.24. The van der Waals surface area contributed by atoms with Crippen molar-refractivity contribution in [2.45, 2.75) is 52.4 Å². The lowest BCUT2D eigenvalue weighted by Crippen LogP contribution is -2.14. The molecule has 0 spiro atoms. The third kappa shape index (κ3) is 4.27. The van der Waals surface area contributed by atoms with Gasteiger partial charge < -0.3 is 9.84 Å². The molecule has 3 heteroatoms. The molecule has 1 N–H and O–H groups in total. The quantitative estimate of drug-likeness (QED) is 0.882. The second kappa shape index (κ2) is 6.09. The third-order valence-electron chi connectivity index (χ3n) is 3.30. The Morgan fingerprint density at radius 1 is 1.32 bits per heavy atom. The zero-order valence-electron chi connectivity index (χ0n) is 12.5. The van der Waals surface area contributed by atoms with E-state index in [9.17, 15) is 4.79 Å². The van der Waals surface area contributed by atoms with Gasteiger partial charge in [-0.05, 0) is 47.9 Å². The second-order valence-electron chi connectivity index (χ2n) is 5.98. The van der Waals surface area contributed by atoms with E-state index in [1.807, 2.05) is 0 Å². The van der Waals surface area contributed by atoms with Crippen LogP contribution in [0.1, 0.15) is 50.3 Å². The van der Waals surface area contributed by atoms with E-state index in [2.05, 4.69) is 39.8 Å². The van der Waals surface area contributed by atoms with Gasteiger partial charge in [-0.3, -0.25) is 4.79 Å². The third-order valence-corrected chi connectivity index (χ3v) is 3.30. The Morgan fingerprint density at radius 3 is 2.42 bits per heavy atom. The molecule has 1 aromatic carbocycles. The minimum Gasteiger partial charge on any atom is -0.496 e. The van der Waals surface area contributed by atoms with Crippen LogP contribution in [0.4, 0.5) is 0 Å². The molecular weight excluding hydrogens is 240 g/mol. The number of carboxylic acid groups (broad SMARTS) is 1. The Bertz CT molecular complexity index is 456. The molecule has 0 bridgehead atoms. The van der Waals surface area contributed by atoms with Crippen LogP contribution >= 0.6 is 0 Å². The molecule has 1 rings (SSSR count). The summed E-state index contributed by atoms with van der Waals surface area (Å²) in [6.07, 6.45) is 1.65. The summed E-state index contributed by atoms with van der Waals surface area (Å²) < 4.78 is 5.48. The van der Waals surface area contributed by atoms with Gasteiger partial charge >= 0.3 is 5.97 Å². The van der Waals surface area contributed by atoms with Crippen molar-refractivity contribution in [3.8, 4) is 5.75 Å². The fourth-order valence-electron chi connectivity index (χ4n) is 2.18. The molecule has 0 radical (unpaired) electrons. The van der Waals surface area contributed by atoms with Gasteiger partial charge in [-0.1, -0.05) is 26.8 Å². The molecule has 0 aliphatic carbocycles. The SMILES string of the molecule is COc1cc(CCCC(=O)O)c(C)cc1C(C)(C)C. The monoisotopic (exact) mass is 264 g/mol. The number of aliphatic carboxylic acids is 1. The number of hydrogen-bond acceptors (Lipinski definition) is 2. The zero-order valence-corrected chi connectivity index (χ0v) is 12.5. The molecule has 106 valence electrons. The van der Waals surface area contributed by atoms with Crippen molar-refractivity contribution >= 4 is 5.97 Å². The minimum atomic E-state index is -0.740. The molecule has 0 heterocycles. The predicted octanol–water partition coefficient (Wildman–Crippen LogP) is 3.71. The molecule has 0 saturated carbocycles. The molecule has 3 nitrogen and oxygen atoms in total. The van der Waals surface area contributed by atoms with Gasteiger partial charge in [0.05, 0.1) is 7.11 Å². The van der Waals surface area contributed by atoms with Crippen molar-refractivity contribution in [3.05, 3.63) is 28.8 Å². The van der Waals surface area contributed by atoms with Crippen molar-refractivity contribution in [3.63, 3.8) is 0 Å².